The first-order valence-corrected chi connectivity index (χ1v) is 10.7. The van der Waals surface area contributed by atoms with Gasteiger partial charge in [0.05, 0.1) is 11.7 Å². The third kappa shape index (κ3) is 3.62. The van der Waals surface area contributed by atoms with Crippen molar-refractivity contribution in [2.45, 2.75) is 19.5 Å². The van der Waals surface area contributed by atoms with Gasteiger partial charge in [-0.1, -0.05) is 77.3 Å². The highest BCUT2D eigenvalue weighted by molar-refractivity contribution is 6.30. The number of nitrogens with zero attached hydrogens (tertiary/aromatic N) is 2. The van der Waals surface area contributed by atoms with Crippen LogP contribution in [0, 0.1) is 6.92 Å². The molecule has 0 aliphatic carbocycles. The van der Waals surface area contributed by atoms with Gasteiger partial charge in [-0.25, -0.2) is 0 Å². The van der Waals surface area contributed by atoms with E-state index in [9.17, 15) is 4.79 Å². The zero-order valence-electron chi connectivity index (χ0n) is 16.8. The molecule has 3 aromatic carbocycles. The van der Waals surface area contributed by atoms with Crippen molar-refractivity contribution in [1.82, 2.24) is 15.1 Å². The van der Waals surface area contributed by atoms with Crippen LogP contribution in [0.25, 0.3) is 11.3 Å². The lowest BCUT2D eigenvalue weighted by molar-refractivity contribution is 0.0730. The van der Waals surface area contributed by atoms with E-state index in [1.165, 1.54) is 5.56 Å². The molecule has 1 atom stereocenters. The predicted octanol–water partition coefficient (Wildman–Crippen LogP) is 6.44. The van der Waals surface area contributed by atoms with Crippen molar-refractivity contribution in [3.63, 3.8) is 0 Å². The first kappa shape index (κ1) is 19.9. The number of amides is 1. The van der Waals surface area contributed by atoms with Crippen LogP contribution in [0.1, 0.15) is 38.8 Å². The summed E-state index contributed by atoms with van der Waals surface area (Å²) in [7, 11) is 0. The van der Waals surface area contributed by atoms with E-state index in [-0.39, 0.29) is 11.9 Å². The summed E-state index contributed by atoms with van der Waals surface area (Å²) < 4.78 is 0. The number of H-pyrrole nitrogens is 1. The summed E-state index contributed by atoms with van der Waals surface area (Å²) in [6, 6.07) is 23.2. The zero-order chi connectivity index (χ0) is 21.5. The van der Waals surface area contributed by atoms with Crippen molar-refractivity contribution in [3.05, 3.63) is 111 Å². The number of rotatable bonds is 4. The van der Waals surface area contributed by atoms with Crippen molar-refractivity contribution in [1.29, 1.82) is 0 Å². The van der Waals surface area contributed by atoms with Gasteiger partial charge in [0.15, 0.2) is 0 Å². The van der Waals surface area contributed by atoms with Gasteiger partial charge in [0.25, 0.3) is 5.91 Å². The Morgan fingerprint density at radius 1 is 0.903 bits per heavy atom. The molecule has 1 aromatic heterocycles. The number of carbonyl (C=O) groups is 1. The van der Waals surface area contributed by atoms with Crippen molar-refractivity contribution < 1.29 is 4.79 Å². The van der Waals surface area contributed by atoms with Crippen molar-refractivity contribution in [3.8, 4) is 11.3 Å². The minimum Gasteiger partial charge on any atom is -0.322 e. The molecule has 4 aromatic rings. The number of hydrogen-bond acceptors (Lipinski definition) is 2. The highest BCUT2D eigenvalue weighted by Gasteiger charge is 2.42. The molecule has 6 heteroatoms. The molecule has 1 aliphatic heterocycles. The molecule has 1 amide bonds. The van der Waals surface area contributed by atoms with E-state index in [2.05, 4.69) is 41.4 Å². The summed E-state index contributed by atoms with van der Waals surface area (Å²) in [4.78, 5) is 15.3. The van der Waals surface area contributed by atoms with Gasteiger partial charge in [-0.15, -0.1) is 0 Å². The Morgan fingerprint density at radius 2 is 1.52 bits per heavy atom. The van der Waals surface area contributed by atoms with Crippen LogP contribution in [0.5, 0.6) is 0 Å². The number of carbonyl (C=O) groups excluding carboxylic acids is 1. The van der Waals surface area contributed by atoms with Crippen molar-refractivity contribution in [2.24, 2.45) is 0 Å². The Bertz CT molecular complexity index is 1250. The molecule has 1 aliphatic rings. The summed E-state index contributed by atoms with van der Waals surface area (Å²) in [6.45, 7) is 2.52. The Hall–Kier alpha value is -3.08. The molecule has 1 N–H and O–H groups in total. The second-order valence-electron chi connectivity index (χ2n) is 7.74. The van der Waals surface area contributed by atoms with Gasteiger partial charge in [0.1, 0.15) is 5.69 Å². The molecule has 1 unspecified atom stereocenters. The van der Waals surface area contributed by atoms with Crippen LogP contribution in [0.15, 0.2) is 72.8 Å². The van der Waals surface area contributed by atoms with E-state index in [0.717, 1.165) is 27.9 Å². The number of benzene rings is 3. The maximum atomic E-state index is 13.4. The first-order valence-electron chi connectivity index (χ1n) is 9.97. The maximum absolute atomic E-state index is 13.4. The average Bonchev–Trinajstić information content (AvgIpc) is 3.31. The SMILES string of the molecule is Cc1ccc(C2c3c(-c4ccc(Cl)cc4)n[nH]c3C(=O)N2Cc2ccc(Cl)cc2)cc1. The van der Waals surface area contributed by atoms with Crippen molar-refractivity contribution in [2.75, 3.05) is 0 Å². The average molecular weight is 448 g/mol. The van der Waals surface area contributed by atoms with Crippen LogP contribution in [0.2, 0.25) is 10.0 Å². The number of hydrogen-bond donors (Lipinski definition) is 1. The molecular formula is C25H19Cl2N3O. The van der Waals surface area contributed by atoms with Crippen LogP contribution in [0.4, 0.5) is 0 Å². The van der Waals surface area contributed by atoms with Gasteiger partial charge in [0, 0.05) is 27.7 Å². The lowest BCUT2D eigenvalue weighted by atomic mass is 9.95. The van der Waals surface area contributed by atoms with Gasteiger partial charge < -0.3 is 4.90 Å². The molecule has 2 heterocycles. The van der Waals surface area contributed by atoms with E-state index in [1.54, 1.807) is 0 Å². The number of nitrogens with one attached hydrogen (secondary N) is 1. The molecular weight excluding hydrogens is 429 g/mol. The number of fused-ring (bicyclic) bond motifs is 1. The molecule has 0 fully saturated rings. The van der Waals surface area contributed by atoms with E-state index < -0.39 is 0 Å². The smallest absolute Gasteiger partial charge is 0.273 e. The molecule has 0 saturated heterocycles. The molecule has 0 radical (unpaired) electrons. The second kappa shape index (κ2) is 7.88. The minimum atomic E-state index is -0.247. The van der Waals surface area contributed by atoms with Crippen LogP contribution >= 0.6 is 23.2 Å². The lowest BCUT2D eigenvalue weighted by Gasteiger charge is -2.26. The summed E-state index contributed by atoms with van der Waals surface area (Å²) >= 11 is 12.1. The highest BCUT2D eigenvalue weighted by atomic mass is 35.5. The van der Waals surface area contributed by atoms with Crippen LogP contribution in [0.3, 0.4) is 0 Å². The van der Waals surface area contributed by atoms with Gasteiger partial charge in [-0.2, -0.15) is 5.10 Å². The normalized spacial score (nSPS) is 15.4. The summed E-state index contributed by atoms with van der Waals surface area (Å²) in [5.41, 5.74) is 6.34. The molecule has 5 rings (SSSR count). The second-order valence-corrected chi connectivity index (χ2v) is 8.61. The van der Waals surface area contributed by atoms with E-state index in [4.69, 9.17) is 23.2 Å². The first-order chi connectivity index (χ1) is 15.0. The van der Waals surface area contributed by atoms with Gasteiger partial charge in [-0.05, 0) is 42.3 Å². The van der Waals surface area contributed by atoms with Crippen molar-refractivity contribution >= 4 is 29.1 Å². The predicted molar refractivity (Wildman–Crippen MR) is 123 cm³/mol. The number of aromatic amines is 1. The molecule has 4 nitrogen and oxygen atoms in total. The van der Waals surface area contributed by atoms with Gasteiger partial charge in [-0.3, -0.25) is 9.89 Å². The Balaban J connectivity index is 1.63. The number of halogens is 2. The summed E-state index contributed by atoms with van der Waals surface area (Å²) in [6.07, 6.45) is 0. The van der Waals surface area contributed by atoms with E-state index in [1.807, 2.05) is 53.4 Å². The van der Waals surface area contributed by atoms with Gasteiger partial charge >= 0.3 is 0 Å². The maximum Gasteiger partial charge on any atom is 0.273 e. The Kier molecular flexibility index (Phi) is 5.05. The standard InChI is InChI=1S/C25H19Cl2N3O/c1-15-2-6-18(7-3-15)24-21-22(17-8-12-20(27)13-9-17)28-29-23(21)25(31)30(24)14-16-4-10-19(26)11-5-16/h2-13,24H,14H2,1H3,(H,28,29). The van der Waals surface area contributed by atoms with E-state index >= 15 is 0 Å². The number of aryl methyl sites for hydroxylation is 1. The number of aromatic nitrogens is 2. The molecule has 31 heavy (non-hydrogen) atoms. The molecule has 0 bridgehead atoms. The third-order valence-electron chi connectivity index (χ3n) is 5.64. The zero-order valence-corrected chi connectivity index (χ0v) is 18.3. The largest absolute Gasteiger partial charge is 0.322 e. The highest BCUT2D eigenvalue weighted by Crippen LogP contribution is 2.43. The quantitative estimate of drug-likeness (QED) is 0.391. The summed E-state index contributed by atoms with van der Waals surface area (Å²) in [5, 5.41) is 8.82. The Morgan fingerprint density at radius 3 is 2.16 bits per heavy atom. The fourth-order valence-electron chi connectivity index (χ4n) is 4.07. The molecule has 0 spiro atoms. The third-order valence-corrected chi connectivity index (χ3v) is 6.14. The Labute approximate surface area is 190 Å². The van der Waals surface area contributed by atoms with Gasteiger partial charge in [0.2, 0.25) is 0 Å². The van der Waals surface area contributed by atoms with Crippen LogP contribution < -0.4 is 0 Å². The topological polar surface area (TPSA) is 49.0 Å². The minimum absolute atomic E-state index is 0.0664. The molecule has 0 saturated carbocycles. The lowest BCUT2D eigenvalue weighted by Crippen LogP contribution is -2.29. The van der Waals surface area contributed by atoms with Crippen LogP contribution in [-0.4, -0.2) is 21.0 Å². The monoisotopic (exact) mass is 447 g/mol. The van der Waals surface area contributed by atoms with Crippen LogP contribution in [-0.2, 0) is 6.54 Å². The fraction of sp³-hybridized carbons (Fsp3) is 0.120. The summed E-state index contributed by atoms with van der Waals surface area (Å²) in [5.74, 6) is -0.0664. The fourth-order valence-corrected chi connectivity index (χ4v) is 4.32. The molecule has 154 valence electrons. The van der Waals surface area contributed by atoms with E-state index in [0.29, 0.717) is 22.3 Å².